The summed E-state index contributed by atoms with van der Waals surface area (Å²) in [5, 5.41) is 19.2. The minimum absolute atomic E-state index is 0.0388. The summed E-state index contributed by atoms with van der Waals surface area (Å²) in [6, 6.07) is 24.9. The third kappa shape index (κ3) is 4.12. The molecule has 4 rings (SSSR count). The van der Waals surface area contributed by atoms with Crippen LogP contribution in [0.5, 0.6) is 11.5 Å². The maximum absolute atomic E-state index is 12.8. The van der Waals surface area contributed by atoms with Crippen LogP contribution in [0.15, 0.2) is 84.0 Å². The van der Waals surface area contributed by atoms with E-state index in [1.807, 2.05) is 53.5 Å². The summed E-state index contributed by atoms with van der Waals surface area (Å²) >= 11 is 0. The number of phenolic OH excluding ortho intramolecular Hbond substituents is 1. The van der Waals surface area contributed by atoms with E-state index >= 15 is 0 Å². The molecular formula is C24H23N3O3. The molecule has 0 saturated heterocycles. The number of benzene rings is 3. The van der Waals surface area contributed by atoms with Gasteiger partial charge in [0.2, 0.25) is 0 Å². The Balaban J connectivity index is 1.52. The van der Waals surface area contributed by atoms with Gasteiger partial charge < -0.3 is 15.2 Å². The fourth-order valence-electron chi connectivity index (χ4n) is 3.52. The predicted molar refractivity (Wildman–Crippen MR) is 117 cm³/mol. The molecule has 0 aliphatic carbocycles. The van der Waals surface area contributed by atoms with Crippen molar-refractivity contribution in [2.75, 3.05) is 12.1 Å². The number of anilines is 1. The molecule has 1 atom stereocenters. The maximum atomic E-state index is 12.8. The number of phenols is 1. The average molecular weight is 401 g/mol. The molecule has 0 radical (unpaired) electrons. The Morgan fingerprint density at radius 2 is 1.80 bits per heavy atom. The quantitative estimate of drug-likeness (QED) is 0.654. The fourth-order valence-corrected chi connectivity index (χ4v) is 3.52. The first-order valence-corrected chi connectivity index (χ1v) is 9.76. The van der Waals surface area contributed by atoms with E-state index in [0.717, 1.165) is 16.8 Å². The van der Waals surface area contributed by atoms with E-state index in [-0.39, 0.29) is 17.7 Å². The zero-order valence-corrected chi connectivity index (χ0v) is 16.7. The number of hydrogen-bond donors (Lipinski definition) is 2. The summed E-state index contributed by atoms with van der Waals surface area (Å²) in [7, 11) is 1.49. The molecule has 6 nitrogen and oxygen atoms in total. The van der Waals surface area contributed by atoms with Gasteiger partial charge in [-0.2, -0.15) is 5.10 Å². The Morgan fingerprint density at radius 1 is 1.10 bits per heavy atom. The average Bonchev–Trinajstić information content (AvgIpc) is 3.25. The molecule has 30 heavy (non-hydrogen) atoms. The second kappa shape index (κ2) is 8.69. The van der Waals surface area contributed by atoms with Gasteiger partial charge in [0.15, 0.2) is 11.5 Å². The number of hydrazone groups is 1. The summed E-state index contributed by atoms with van der Waals surface area (Å²) in [4.78, 5) is 12.8. The summed E-state index contributed by atoms with van der Waals surface area (Å²) in [5.74, 6) is 0.234. The lowest BCUT2D eigenvalue weighted by molar-refractivity contribution is -0.115. The smallest absolute Gasteiger partial charge is 0.267 e. The van der Waals surface area contributed by atoms with Crippen molar-refractivity contribution in [3.8, 4) is 11.5 Å². The lowest BCUT2D eigenvalue weighted by Crippen LogP contribution is -2.29. The second-order valence-electron chi connectivity index (χ2n) is 7.05. The number of hydrogen-bond acceptors (Lipinski definition) is 5. The van der Waals surface area contributed by atoms with Crippen molar-refractivity contribution in [1.29, 1.82) is 0 Å². The molecule has 6 heteroatoms. The third-order valence-corrected chi connectivity index (χ3v) is 5.07. The first-order valence-electron chi connectivity index (χ1n) is 9.76. The molecule has 0 aromatic heterocycles. The Hall–Kier alpha value is -3.80. The largest absolute Gasteiger partial charge is 0.504 e. The minimum atomic E-state index is -0.207. The van der Waals surface area contributed by atoms with E-state index in [4.69, 9.17) is 4.74 Å². The van der Waals surface area contributed by atoms with E-state index in [9.17, 15) is 9.90 Å². The van der Waals surface area contributed by atoms with E-state index in [0.29, 0.717) is 24.4 Å². The van der Waals surface area contributed by atoms with Crippen LogP contribution in [0, 0.1) is 0 Å². The van der Waals surface area contributed by atoms with Crippen molar-refractivity contribution in [1.82, 2.24) is 5.32 Å². The second-order valence-corrected chi connectivity index (χ2v) is 7.05. The van der Waals surface area contributed by atoms with Gasteiger partial charge in [0.1, 0.15) is 5.71 Å². The van der Waals surface area contributed by atoms with Gasteiger partial charge in [0.25, 0.3) is 5.91 Å². The van der Waals surface area contributed by atoms with Crippen LogP contribution in [0.25, 0.3) is 0 Å². The minimum Gasteiger partial charge on any atom is -0.504 e. The highest BCUT2D eigenvalue weighted by molar-refractivity contribution is 6.39. The molecule has 3 aromatic carbocycles. The van der Waals surface area contributed by atoms with Crippen molar-refractivity contribution in [2.24, 2.45) is 5.10 Å². The highest BCUT2D eigenvalue weighted by Crippen LogP contribution is 2.35. The zero-order chi connectivity index (χ0) is 20.9. The fraction of sp³-hybridized carbons (Fsp3) is 0.167. The molecule has 1 amide bonds. The molecule has 3 aromatic rings. The number of methoxy groups -OCH3 is 1. The first-order chi connectivity index (χ1) is 14.7. The number of nitrogens with zero attached hydrogens (tertiary/aromatic N) is 2. The number of carbonyl (C=O) groups excluding carboxylic acids is 1. The van der Waals surface area contributed by atoms with Crippen molar-refractivity contribution in [3.63, 3.8) is 0 Å². The molecule has 152 valence electrons. The Morgan fingerprint density at radius 3 is 2.50 bits per heavy atom. The number of carbonyl (C=O) groups is 1. The van der Waals surface area contributed by atoms with Gasteiger partial charge >= 0.3 is 0 Å². The molecule has 2 N–H and O–H groups in total. The molecule has 0 bridgehead atoms. The topological polar surface area (TPSA) is 74.2 Å². The van der Waals surface area contributed by atoms with Crippen LogP contribution in [0.1, 0.15) is 23.6 Å². The van der Waals surface area contributed by atoms with Crippen LogP contribution in [-0.4, -0.2) is 23.8 Å². The van der Waals surface area contributed by atoms with Crippen LogP contribution < -0.4 is 15.1 Å². The third-order valence-electron chi connectivity index (χ3n) is 5.07. The summed E-state index contributed by atoms with van der Waals surface area (Å²) in [5.41, 5.74) is 3.36. The van der Waals surface area contributed by atoms with Crippen molar-refractivity contribution in [2.45, 2.75) is 19.0 Å². The molecular weight excluding hydrogens is 378 g/mol. The number of rotatable bonds is 6. The van der Waals surface area contributed by atoms with E-state index in [1.54, 1.807) is 18.2 Å². The van der Waals surface area contributed by atoms with E-state index in [2.05, 4.69) is 22.6 Å². The monoisotopic (exact) mass is 401 g/mol. The summed E-state index contributed by atoms with van der Waals surface area (Å²) < 4.78 is 5.13. The highest BCUT2D eigenvalue weighted by Gasteiger charge is 2.32. The molecule has 0 spiro atoms. The Kier molecular flexibility index (Phi) is 5.66. The van der Waals surface area contributed by atoms with Crippen LogP contribution in [0.2, 0.25) is 0 Å². The van der Waals surface area contributed by atoms with Crippen molar-refractivity contribution >= 4 is 17.3 Å². The van der Waals surface area contributed by atoms with Gasteiger partial charge in [-0.15, -0.1) is 0 Å². The SMILES string of the molecule is COc1cc(CNC(=O)C2=NN(c3ccccc3)C(c3ccccc3)C2)ccc1O. The van der Waals surface area contributed by atoms with Gasteiger partial charge in [-0.3, -0.25) is 9.80 Å². The number of aromatic hydroxyl groups is 1. The Bertz CT molecular complexity index is 1050. The normalized spacial score (nSPS) is 15.6. The van der Waals surface area contributed by atoms with Crippen molar-refractivity contribution in [3.05, 3.63) is 90.0 Å². The number of ether oxygens (including phenoxy) is 1. The van der Waals surface area contributed by atoms with E-state index in [1.165, 1.54) is 7.11 Å². The summed E-state index contributed by atoms with van der Waals surface area (Å²) in [6.07, 6.45) is 0.517. The standard InChI is InChI=1S/C24H23N3O3/c1-30-23-14-17(12-13-22(23)28)16-25-24(29)20-15-21(18-8-4-2-5-9-18)27(26-20)19-10-6-3-7-11-19/h2-14,21,28H,15-16H2,1H3,(H,25,29). The van der Waals surface area contributed by atoms with Gasteiger partial charge in [0, 0.05) is 13.0 Å². The van der Waals surface area contributed by atoms with E-state index < -0.39 is 0 Å². The number of para-hydroxylation sites is 1. The van der Waals surface area contributed by atoms with Gasteiger partial charge in [-0.05, 0) is 35.4 Å². The first kappa shape index (κ1) is 19.5. The van der Waals surface area contributed by atoms with Crippen LogP contribution in [-0.2, 0) is 11.3 Å². The molecule has 0 fully saturated rings. The molecule has 0 saturated carbocycles. The number of nitrogens with one attached hydrogen (secondary N) is 1. The number of amides is 1. The van der Waals surface area contributed by atoms with Crippen molar-refractivity contribution < 1.29 is 14.6 Å². The molecule has 1 aliphatic rings. The highest BCUT2D eigenvalue weighted by atomic mass is 16.5. The Labute approximate surface area is 175 Å². The molecule has 1 heterocycles. The van der Waals surface area contributed by atoms with Crippen LogP contribution >= 0.6 is 0 Å². The van der Waals surface area contributed by atoms with Gasteiger partial charge in [0.05, 0.1) is 18.8 Å². The van der Waals surface area contributed by atoms with Gasteiger partial charge in [-0.25, -0.2) is 0 Å². The molecule has 1 aliphatic heterocycles. The van der Waals surface area contributed by atoms with Crippen LogP contribution in [0.4, 0.5) is 5.69 Å². The van der Waals surface area contributed by atoms with Crippen LogP contribution in [0.3, 0.4) is 0 Å². The lowest BCUT2D eigenvalue weighted by Gasteiger charge is -2.23. The zero-order valence-electron chi connectivity index (χ0n) is 16.7. The summed E-state index contributed by atoms with van der Waals surface area (Å²) in [6.45, 7) is 0.315. The predicted octanol–water partition coefficient (Wildman–Crippen LogP) is 4.02. The molecule has 1 unspecified atom stereocenters. The lowest BCUT2D eigenvalue weighted by atomic mass is 10.0. The maximum Gasteiger partial charge on any atom is 0.267 e. The van der Waals surface area contributed by atoms with Gasteiger partial charge in [-0.1, -0.05) is 54.6 Å².